The largest absolute Gasteiger partial charge is 0.493 e. The Hall–Kier alpha value is -3.30. The molecule has 1 amide bonds. The topological polar surface area (TPSA) is 98.3 Å². The molecule has 0 spiro atoms. The van der Waals surface area contributed by atoms with E-state index in [-0.39, 0.29) is 12.5 Å². The van der Waals surface area contributed by atoms with Gasteiger partial charge in [0.1, 0.15) is 0 Å². The van der Waals surface area contributed by atoms with Crippen molar-refractivity contribution in [1.29, 1.82) is 0 Å². The van der Waals surface area contributed by atoms with Crippen molar-refractivity contribution in [3.05, 3.63) is 94.0 Å². The number of hydrogen-bond donors (Lipinski definition) is 2. The molecule has 0 bridgehead atoms. The van der Waals surface area contributed by atoms with Gasteiger partial charge in [-0.05, 0) is 39.2 Å². The summed E-state index contributed by atoms with van der Waals surface area (Å²) in [6.07, 6.45) is 1.57. The van der Waals surface area contributed by atoms with E-state index in [0.717, 1.165) is 16.7 Å². The minimum Gasteiger partial charge on any atom is -0.493 e. The molecule has 3 aromatic rings. The number of amides is 1. The molecule has 0 saturated heterocycles. The lowest BCUT2D eigenvalue weighted by atomic mass is 10.2. The molecular weight excluding hydrogens is 516 g/mol. The van der Waals surface area contributed by atoms with Gasteiger partial charge in [0.05, 0.1) is 13.3 Å². The molecule has 0 saturated carbocycles. The first kappa shape index (κ1) is 25.3. The summed E-state index contributed by atoms with van der Waals surface area (Å²) in [6.45, 7) is 0.301. The van der Waals surface area contributed by atoms with Crippen LogP contribution in [-0.4, -0.2) is 31.0 Å². The highest BCUT2D eigenvalue weighted by Gasteiger charge is 2.11. The van der Waals surface area contributed by atoms with E-state index in [0.29, 0.717) is 33.4 Å². The van der Waals surface area contributed by atoms with E-state index >= 15 is 0 Å². The third-order valence-corrected chi connectivity index (χ3v) is 6.10. The van der Waals surface area contributed by atoms with Gasteiger partial charge in [-0.25, -0.2) is 0 Å². The first-order valence-corrected chi connectivity index (χ1v) is 12.2. The number of nitrogens with one attached hydrogen (secondary N) is 1. The fraction of sp³-hybridized carbons (Fsp3) is 0.160. The number of benzene rings is 3. The summed E-state index contributed by atoms with van der Waals surface area (Å²) in [5.74, 6) is 1.39. The minimum atomic E-state index is -0.231. The van der Waals surface area contributed by atoms with Crippen LogP contribution in [0.25, 0.3) is 0 Å². The number of thioether (sulfide) groups is 1. The van der Waals surface area contributed by atoms with Crippen LogP contribution in [0.2, 0.25) is 0 Å². The van der Waals surface area contributed by atoms with Crippen molar-refractivity contribution in [2.24, 2.45) is 15.9 Å². The van der Waals surface area contributed by atoms with Crippen molar-refractivity contribution >= 4 is 45.0 Å². The maximum atomic E-state index is 12.2. The molecule has 0 heterocycles. The Kier molecular flexibility index (Phi) is 9.99. The summed E-state index contributed by atoms with van der Waals surface area (Å²) < 4.78 is 11.8. The number of nitrogens with zero attached hydrogens (tertiary/aromatic N) is 2. The highest BCUT2D eigenvalue weighted by atomic mass is 79.9. The van der Waals surface area contributed by atoms with E-state index in [2.05, 4.69) is 31.4 Å². The second kappa shape index (κ2) is 13.4. The van der Waals surface area contributed by atoms with Gasteiger partial charge in [-0.1, -0.05) is 72.4 Å². The van der Waals surface area contributed by atoms with Crippen LogP contribution in [-0.2, 0) is 17.1 Å². The third-order valence-electron chi connectivity index (χ3n) is 4.56. The first-order chi connectivity index (χ1) is 16.5. The molecule has 176 valence electrons. The van der Waals surface area contributed by atoms with Gasteiger partial charge in [-0.2, -0.15) is 5.10 Å². The van der Waals surface area contributed by atoms with Gasteiger partial charge in [-0.3, -0.25) is 4.79 Å². The quantitative estimate of drug-likeness (QED) is 0.220. The van der Waals surface area contributed by atoms with E-state index in [4.69, 9.17) is 15.2 Å². The number of nitrogens with two attached hydrogens (primary N) is 1. The third kappa shape index (κ3) is 8.24. The lowest BCUT2D eigenvalue weighted by molar-refractivity contribution is -0.123. The van der Waals surface area contributed by atoms with Gasteiger partial charge >= 0.3 is 0 Å². The molecule has 0 aliphatic carbocycles. The number of hydrogen-bond acceptors (Lipinski definition) is 6. The van der Waals surface area contributed by atoms with Gasteiger partial charge in [0.25, 0.3) is 5.91 Å². The van der Waals surface area contributed by atoms with E-state index in [1.807, 2.05) is 60.7 Å². The zero-order valence-corrected chi connectivity index (χ0v) is 21.0. The molecule has 0 aliphatic heterocycles. The van der Waals surface area contributed by atoms with Crippen LogP contribution in [0.1, 0.15) is 16.7 Å². The zero-order chi connectivity index (χ0) is 24.2. The van der Waals surface area contributed by atoms with Crippen LogP contribution >= 0.6 is 27.7 Å². The average molecular weight is 541 g/mol. The predicted octanol–water partition coefficient (Wildman–Crippen LogP) is 4.73. The standard InChI is InChI=1S/C25H25BrN4O3S/c1-32-22-12-20(15-29-30-25(27)34-17-19-10-6-3-7-11-19)21(26)13-23(22)33-16-24(31)28-14-18-8-4-2-5-9-18/h2-13,15H,14,16-17H2,1H3,(H2,27,30)(H,28,31). The Balaban J connectivity index is 1.55. The van der Waals surface area contributed by atoms with Gasteiger partial charge in [0.15, 0.2) is 23.3 Å². The van der Waals surface area contributed by atoms with E-state index in [1.54, 1.807) is 18.3 Å². The van der Waals surface area contributed by atoms with E-state index in [1.165, 1.54) is 18.9 Å². The van der Waals surface area contributed by atoms with Crippen LogP contribution < -0.4 is 20.5 Å². The molecule has 3 N–H and O–H groups in total. The van der Waals surface area contributed by atoms with Gasteiger partial charge in [-0.15, -0.1) is 5.10 Å². The number of ether oxygens (including phenoxy) is 2. The summed E-state index contributed by atoms with van der Waals surface area (Å²) in [4.78, 5) is 12.2. The van der Waals surface area contributed by atoms with Crippen molar-refractivity contribution in [3.8, 4) is 11.5 Å². The second-order valence-electron chi connectivity index (χ2n) is 7.03. The van der Waals surface area contributed by atoms with Crippen LogP contribution in [0.3, 0.4) is 0 Å². The molecule has 0 fully saturated rings. The van der Waals surface area contributed by atoms with Crippen LogP contribution in [0.4, 0.5) is 0 Å². The SMILES string of the molecule is COc1cc(C=NN=C(N)SCc2ccccc2)c(Br)cc1OCC(=O)NCc1ccccc1. The highest BCUT2D eigenvalue weighted by molar-refractivity contribution is 9.10. The highest BCUT2D eigenvalue weighted by Crippen LogP contribution is 2.33. The molecular formula is C25H25BrN4O3S. The van der Waals surface area contributed by atoms with Crippen LogP contribution in [0, 0.1) is 0 Å². The minimum absolute atomic E-state index is 0.136. The maximum absolute atomic E-state index is 12.2. The van der Waals surface area contributed by atoms with Crippen molar-refractivity contribution in [1.82, 2.24) is 5.32 Å². The Labute approximate surface area is 211 Å². The maximum Gasteiger partial charge on any atom is 0.258 e. The molecule has 0 radical (unpaired) electrons. The molecule has 3 rings (SSSR count). The van der Waals surface area contributed by atoms with Gasteiger partial charge in [0, 0.05) is 22.3 Å². The summed E-state index contributed by atoms with van der Waals surface area (Å²) in [5.41, 5.74) is 8.84. The Morgan fingerprint density at radius 3 is 2.41 bits per heavy atom. The van der Waals surface area contributed by atoms with Crippen molar-refractivity contribution in [3.63, 3.8) is 0 Å². The number of halogens is 1. The van der Waals surface area contributed by atoms with E-state index in [9.17, 15) is 4.79 Å². The Bertz CT molecular complexity index is 1140. The number of carbonyl (C=O) groups is 1. The molecule has 34 heavy (non-hydrogen) atoms. The number of rotatable bonds is 10. The summed E-state index contributed by atoms with van der Waals surface area (Å²) in [5, 5.41) is 11.3. The van der Waals surface area contributed by atoms with Crippen molar-refractivity contribution in [2.45, 2.75) is 12.3 Å². The predicted molar refractivity (Wildman–Crippen MR) is 141 cm³/mol. The molecule has 0 aromatic heterocycles. The number of methoxy groups -OCH3 is 1. The van der Waals surface area contributed by atoms with Crippen LogP contribution in [0.5, 0.6) is 11.5 Å². The lowest BCUT2D eigenvalue weighted by Crippen LogP contribution is -2.28. The summed E-state index contributed by atoms with van der Waals surface area (Å²) in [7, 11) is 1.53. The smallest absolute Gasteiger partial charge is 0.258 e. The zero-order valence-electron chi connectivity index (χ0n) is 18.6. The average Bonchev–Trinajstić information content (AvgIpc) is 2.87. The Morgan fingerprint density at radius 1 is 1.06 bits per heavy atom. The van der Waals surface area contributed by atoms with Crippen molar-refractivity contribution < 1.29 is 14.3 Å². The molecule has 0 aliphatic rings. The van der Waals surface area contributed by atoms with Gasteiger partial charge < -0.3 is 20.5 Å². The summed E-state index contributed by atoms with van der Waals surface area (Å²) >= 11 is 4.91. The normalized spacial score (nSPS) is 11.4. The molecule has 7 nitrogen and oxygen atoms in total. The monoisotopic (exact) mass is 540 g/mol. The first-order valence-electron chi connectivity index (χ1n) is 10.4. The number of amidine groups is 1. The van der Waals surface area contributed by atoms with E-state index < -0.39 is 0 Å². The van der Waals surface area contributed by atoms with Crippen molar-refractivity contribution in [2.75, 3.05) is 13.7 Å². The summed E-state index contributed by atoms with van der Waals surface area (Å²) in [6, 6.07) is 23.1. The fourth-order valence-corrected chi connectivity index (χ4v) is 3.86. The second-order valence-corrected chi connectivity index (χ2v) is 8.88. The molecule has 0 atom stereocenters. The Morgan fingerprint density at radius 2 is 1.74 bits per heavy atom. The van der Waals surface area contributed by atoms with Gasteiger partial charge in [0.2, 0.25) is 0 Å². The molecule has 9 heteroatoms. The fourth-order valence-electron chi connectivity index (χ4n) is 2.82. The number of carbonyl (C=O) groups excluding carboxylic acids is 1. The molecule has 3 aromatic carbocycles. The lowest BCUT2D eigenvalue weighted by Gasteiger charge is -2.12. The molecule has 0 unspecified atom stereocenters. The van der Waals surface area contributed by atoms with Crippen LogP contribution in [0.15, 0.2) is 87.5 Å².